The molecule has 2 N–H and O–H groups in total. The van der Waals surface area contributed by atoms with Gasteiger partial charge in [-0.3, -0.25) is 0 Å². The number of nitrogens with zero attached hydrogens (tertiary/aromatic N) is 1. The number of aryl methyl sites for hydroxylation is 1. The van der Waals surface area contributed by atoms with Crippen molar-refractivity contribution in [3.8, 4) is 0 Å². The van der Waals surface area contributed by atoms with Crippen LogP contribution >= 0.6 is 11.3 Å². The second-order valence-corrected chi connectivity index (χ2v) is 1.94. The molecule has 0 fully saturated rings. The van der Waals surface area contributed by atoms with Crippen LogP contribution in [0, 0.1) is 6.85 Å². The average molecular weight is 118 g/mol. The van der Waals surface area contributed by atoms with Crippen molar-refractivity contribution in [3.63, 3.8) is 0 Å². The lowest BCUT2D eigenvalue weighted by Crippen LogP contribution is -1.81. The zero-order valence-electron chi connectivity index (χ0n) is 6.51. The van der Waals surface area contributed by atoms with Crippen LogP contribution in [-0.4, -0.2) is 4.98 Å². The number of anilines is 1. The number of aromatic nitrogens is 1. The Kier molecular flexibility index (Phi) is 0.457. The Morgan fingerprint density at radius 3 is 3.29 bits per heavy atom. The fraction of sp³-hybridized carbons (Fsp3) is 0.250. The molecule has 0 aliphatic rings. The molecule has 0 amide bonds. The highest BCUT2D eigenvalue weighted by atomic mass is 32.1. The Balaban J connectivity index is 2.96. The number of nitrogen functional groups attached to an aromatic ring is 1. The van der Waals surface area contributed by atoms with Crippen molar-refractivity contribution >= 4 is 17.2 Å². The quantitative estimate of drug-likeness (QED) is 0.517. The van der Waals surface area contributed by atoms with Crippen molar-refractivity contribution in [2.24, 2.45) is 0 Å². The predicted molar refractivity (Wildman–Crippen MR) is 31.3 cm³/mol. The molecule has 0 atom stereocenters. The fourth-order valence-corrected chi connectivity index (χ4v) is 0.729. The van der Waals surface area contributed by atoms with Gasteiger partial charge in [0.15, 0.2) is 0 Å². The molecule has 0 saturated carbocycles. The first-order chi connectivity index (χ1) is 4.50. The monoisotopic (exact) mass is 118 g/mol. The lowest BCUT2D eigenvalue weighted by Gasteiger charge is -1.72. The van der Waals surface area contributed by atoms with Gasteiger partial charge < -0.3 is 5.73 Å². The van der Waals surface area contributed by atoms with E-state index in [1.54, 1.807) is 0 Å². The second kappa shape index (κ2) is 1.50. The van der Waals surface area contributed by atoms with E-state index < -0.39 is 6.85 Å². The summed E-state index contributed by atoms with van der Waals surface area (Å²) in [6.45, 7) is -2.11. The third-order valence-corrected chi connectivity index (χ3v) is 1.20. The summed E-state index contributed by atoms with van der Waals surface area (Å²) < 4.78 is 20.7. The van der Waals surface area contributed by atoms with E-state index >= 15 is 0 Å². The first kappa shape index (κ1) is 2.13. The molecule has 2 nitrogen and oxygen atoms in total. The number of hydrogen-bond donors (Lipinski definition) is 1. The first-order valence-corrected chi connectivity index (χ1v) is 2.59. The summed E-state index contributed by atoms with van der Waals surface area (Å²) >= 11 is 1.06. The van der Waals surface area contributed by atoms with E-state index in [1.807, 2.05) is 0 Å². The summed E-state index contributed by atoms with van der Waals surface area (Å²) in [7, 11) is 0. The van der Waals surface area contributed by atoms with Gasteiger partial charge in [0, 0.05) is 9.49 Å². The van der Waals surface area contributed by atoms with Gasteiger partial charge >= 0.3 is 0 Å². The van der Waals surface area contributed by atoms with Crippen LogP contribution in [0.2, 0.25) is 0 Å². The van der Waals surface area contributed by atoms with Gasteiger partial charge in [-0.2, -0.15) is 0 Å². The van der Waals surface area contributed by atoms with Crippen LogP contribution in [-0.2, 0) is 0 Å². The molecule has 0 spiro atoms. The number of rotatable bonds is 0. The topological polar surface area (TPSA) is 38.9 Å². The van der Waals surface area contributed by atoms with Crippen LogP contribution in [0.4, 0.5) is 5.82 Å². The van der Waals surface area contributed by atoms with Gasteiger partial charge in [-0.05, 0) is 6.85 Å². The molecule has 1 aromatic rings. The molecule has 38 valence electrons. The van der Waals surface area contributed by atoms with E-state index in [0.717, 1.165) is 11.3 Å². The van der Waals surface area contributed by atoms with Crippen LogP contribution in [0.1, 0.15) is 9.12 Å². The summed E-state index contributed by atoms with van der Waals surface area (Å²) in [4.78, 5) is 3.62. The van der Waals surface area contributed by atoms with E-state index in [4.69, 9.17) is 9.85 Å². The number of thiazole rings is 1. The molecule has 1 rings (SSSR count). The van der Waals surface area contributed by atoms with Crippen molar-refractivity contribution in [2.45, 2.75) is 6.85 Å². The molecule has 1 aromatic heterocycles. The maximum atomic E-state index is 6.91. The SMILES string of the molecule is [2H][13C]([2H])([2H])c1nc(N)cs1. The van der Waals surface area contributed by atoms with Crippen LogP contribution in [0.15, 0.2) is 5.38 Å². The molecule has 0 aromatic carbocycles. The minimum Gasteiger partial charge on any atom is -0.383 e. The lowest BCUT2D eigenvalue weighted by atomic mass is 10.8. The Bertz CT molecular complexity index is 229. The van der Waals surface area contributed by atoms with Gasteiger partial charge in [0.2, 0.25) is 0 Å². The largest absolute Gasteiger partial charge is 0.383 e. The zero-order chi connectivity index (χ0) is 7.78. The van der Waals surface area contributed by atoms with Crippen molar-refractivity contribution in [2.75, 3.05) is 5.73 Å². The van der Waals surface area contributed by atoms with Crippen molar-refractivity contribution in [1.29, 1.82) is 0 Å². The molecule has 7 heavy (non-hydrogen) atoms. The predicted octanol–water partition coefficient (Wildman–Crippen LogP) is 1.03. The van der Waals surface area contributed by atoms with Crippen LogP contribution in [0.3, 0.4) is 0 Å². The van der Waals surface area contributed by atoms with Gasteiger partial charge in [0.1, 0.15) is 5.82 Å². The summed E-state index contributed by atoms with van der Waals surface area (Å²) in [5, 5.41) is 1.62. The molecule has 3 heteroatoms. The summed E-state index contributed by atoms with van der Waals surface area (Å²) in [5.74, 6) is 0.274. The lowest BCUT2D eigenvalue weighted by molar-refractivity contribution is 1.31. The Labute approximate surface area is 50.2 Å². The fourth-order valence-electron chi connectivity index (χ4n) is 0.286. The standard InChI is InChI=1S/C4H6N2S/c1-3-6-4(5)2-7-3/h2H,5H2,1H3/i1+1D3. The van der Waals surface area contributed by atoms with Gasteiger partial charge in [-0.1, -0.05) is 0 Å². The van der Waals surface area contributed by atoms with Gasteiger partial charge in [0.25, 0.3) is 0 Å². The van der Waals surface area contributed by atoms with E-state index in [-0.39, 0.29) is 10.8 Å². The van der Waals surface area contributed by atoms with Crippen molar-refractivity contribution < 1.29 is 4.11 Å². The minimum atomic E-state index is -2.11. The molecule has 0 aliphatic heterocycles. The summed E-state index contributed by atoms with van der Waals surface area (Å²) in [5.41, 5.74) is 5.22. The third-order valence-electron chi connectivity index (χ3n) is 0.522. The summed E-state index contributed by atoms with van der Waals surface area (Å²) in [6.07, 6.45) is 0. The highest BCUT2D eigenvalue weighted by molar-refractivity contribution is 7.09. The van der Waals surface area contributed by atoms with E-state index in [1.165, 1.54) is 5.38 Å². The maximum absolute atomic E-state index is 6.91. The smallest absolute Gasteiger partial charge is 0.134 e. The molecule has 1 heterocycles. The number of nitrogens with two attached hydrogens (primary N) is 1. The highest BCUT2D eigenvalue weighted by Gasteiger charge is 1.86. The average Bonchev–Trinajstić information content (AvgIpc) is 2.11. The van der Waals surface area contributed by atoms with Crippen molar-refractivity contribution in [3.05, 3.63) is 10.4 Å². The molecule has 0 aliphatic carbocycles. The zero-order valence-corrected chi connectivity index (χ0v) is 4.33. The normalized spacial score (nSPS) is 17.4. The van der Waals surface area contributed by atoms with Gasteiger partial charge in [0.05, 0.1) is 5.01 Å². The third kappa shape index (κ3) is 0.899. The Morgan fingerprint density at radius 2 is 3.00 bits per heavy atom. The van der Waals surface area contributed by atoms with E-state index in [9.17, 15) is 0 Å². The van der Waals surface area contributed by atoms with Crippen LogP contribution in [0.25, 0.3) is 0 Å². The molecule has 0 bridgehead atoms. The second-order valence-electron chi connectivity index (χ2n) is 1.08. The van der Waals surface area contributed by atoms with Crippen LogP contribution < -0.4 is 5.73 Å². The molecular formula is C4H6N2S. The maximum Gasteiger partial charge on any atom is 0.134 e. The first-order valence-electron chi connectivity index (χ1n) is 3.21. The number of hydrogen-bond acceptors (Lipinski definition) is 3. The van der Waals surface area contributed by atoms with E-state index in [2.05, 4.69) is 4.98 Å². The van der Waals surface area contributed by atoms with Crippen molar-refractivity contribution in [1.82, 2.24) is 4.98 Å². The molecule has 0 saturated heterocycles. The molecule has 0 unspecified atom stereocenters. The molecular weight excluding hydrogens is 109 g/mol. The minimum absolute atomic E-state index is 0.102. The Morgan fingerprint density at radius 1 is 2.14 bits per heavy atom. The van der Waals surface area contributed by atoms with Crippen LogP contribution in [0.5, 0.6) is 0 Å². The Hall–Kier alpha value is -0.570. The van der Waals surface area contributed by atoms with Gasteiger partial charge in [-0.15, -0.1) is 11.3 Å². The van der Waals surface area contributed by atoms with E-state index in [0.29, 0.717) is 0 Å². The van der Waals surface area contributed by atoms with Gasteiger partial charge in [-0.25, -0.2) is 4.98 Å². The summed E-state index contributed by atoms with van der Waals surface area (Å²) in [6, 6.07) is 0. The molecule has 0 radical (unpaired) electrons. The highest BCUT2D eigenvalue weighted by Crippen LogP contribution is 2.07.